The summed E-state index contributed by atoms with van der Waals surface area (Å²) in [5.74, 6) is -0.211. The smallest absolute Gasteiger partial charge is 0.230 e. The molecule has 0 aliphatic rings. The van der Waals surface area contributed by atoms with Gasteiger partial charge in [-0.2, -0.15) is 0 Å². The van der Waals surface area contributed by atoms with Crippen LogP contribution in [0.3, 0.4) is 0 Å². The summed E-state index contributed by atoms with van der Waals surface area (Å²) in [7, 11) is -3.31. The van der Waals surface area contributed by atoms with Crippen molar-refractivity contribution in [3.05, 3.63) is 52.5 Å². The van der Waals surface area contributed by atoms with Crippen molar-refractivity contribution in [3.8, 4) is 0 Å². The van der Waals surface area contributed by atoms with Crippen LogP contribution in [0.5, 0.6) is 0 Å². The van der Waals surface area contributed by atoms with Gasteiger partial charge >= 0.3 is 0 Å². The molecule has 8 heteroatoms. The number of anilines is 1. The predicted octanol–water partition coefficient (Wildman–Crippen LogP) is 4.62. The second-order valence-corrected chi connectivity index (χ2v) is 10.4. The molecule has 1 N–H and O–H groups in total. The van der Waals surface area contributed by atoms with Gasteiger partial charge in [-0.05, 0) is 56.2 Å². The molecule has 2 aromatic carbocycles. The number of nitrogens with one attached hydrogen (secondary N) is 1. The van der Waals surface area contributed by atoms with E-state index in [2.05, 4.69) is 10.3 Å². The van der Waals surface area contributed by atoms with E-state index in [-0.39, 0.29) is 17.2 Å². The lowest BCUT2D eigenvalue weighted by molar-refractivity contribution is -0.115. The number of rotatable bonds is 5. The number of thiazole rings is 1. The normalized spacial score (nSPS) is 11.9. The van der Waals surface area contributed by atoms with Crippen molar-refractivity contribution < 1.29 is 13.2 Å². The number of carbonyl (C=O) groups excluding carboxylic acids is 1. The molecule has 0 spiro atoms. The molecule has 0 radical (unpaired) electrons. The quantitative estimate of drug-likeness (QED) is 0.650. The maximum absolute atomic E-state index is 12.3. The molecule has 0 aliphatic carbocycles. The zero-order valence-corrected chi connectivity index (χ0v) is 17.5. The van der Waals surface area contributed by atoms with Crippen molar-refractivity contribution in [2.75, 3.05) is 5.32 Å². The Morgan fingerprint density at radius 1 is 1.19 bits per heavy atom. The first-order valence-electron chi connectivity index (χ1n) is 8.37. The van der Waals surface area contributed by atoms with Gasteiger partial charge in [0.25, 0.3) is 0 Å². The summed E-state index contributed by atoms with van der Waals surface area (Å²) in [6.07, 6.45) is 0.137. The molecule has 0 bridgehead atoms. The van der Waals surface area contributed by atoms with E-state index < -0.39 is 15.1 Å². The molecule has 27 heavy (non-hydrogen) atoms. The van der Waals surface area contributed by atoms with Crippen molar-refractivity contribution in [1.82, 2.24) is 4.98 Å². The van der Waals surface area contributed by atoms with Crippen LogP contribution < -0.4 is 5.32 Å². The van der Waals surface area contributed by atoms with Gasteiger partial charge in [-0.1, -0.05) is 35.1 Å². The molecule has 0 aliphatic heterocycles. The van der Waals surface area contributed by atoms with Crippen molar-refractivity contribution >= 4 is 54.0 Å². The molecule has 0 saturated carbocycles. The van der Waals surface area contributed by atoms with Crippen LogP contribution in [0.4, 0.5) is 5.13 Å². The molecule has 0 saturated heterocycles. The Morgan fingerprint density at radius 3 is 2.48 bits per heavy atom. The highest BCUT2D eigenvalue weighted by Crippen LogP contribution is 2.31. The van der Waals surface area contributed by atoms with E-state index in [0.29, 0.717) is 10.2 Å². The third-order valence-electron chi connectivity index (χ3n) is 4.23. The Hall–Kier alpha value is -1.96. The Morgan fingerprint density at radius 2 is 1.85 bits per heavy atom. The first kappa shape index (κ1) is 19.8. The lowest BCUT2D eigenvalue weighted by Gasteiger charge is -2.08. The summed E-state index contributed by atoms with van der Waals surface area (Å²) >= 11 is 7.50. The summed E-state index contributed by atoms with van der Waals surface area (Å²) < 4.78 is 25.2. The standard InChI is InChI=1S/C19H19ClN2O3S2/c1-11(2)27(24,25)14-6-4-13(5-7-14)10-17(23)21-19-22-18-12(3)15(20)8-9-16(18)26-19/h4-9,11H,10H2,1-3H3,(H,21,22,23). The third-order valence-corrected chi connectivity index (χ3v) is 7.75. The van der Waals surface area contributed by atoms with Gasteiger partial charge in [0.2, 0.25) is 5.91 Å². The van der Waals surface area contributed by atoms with Crippen LogP contribution in [-0.4, -0.2) is 24.6 Å². The fraction of sp³-hybridized carbons (Fsp3) is 0.263. The number of carbonyl (C=O) groups is 1. The molecular weight excluding hydrogens is 404 g/mol. The second-order valence-electron chi connectivity index (χ2n) is 6.50. The van der Waals surface area contributed by atoms with Crippen LogP contribution in [0.15, 0.2) is 41.3 Å². The number of benzene rings is 2. The van der Waals surface area contributed by atoms with E-state index in [1.54, 1.807) is 38.1 Å². The maximum Gasteiger partial charge on any atom is 0.230 e. The molecule has 3 aromatic rings. The highest BCUT2D eigenvalue weighted by molar-refractivity contribution is 7.92. The largest absolute Gasteiger partial charge is 0.302 e. The van der Waals surface area contributed by atoms with E-state index in [1.807, 2.05) is 19.1 Å². The Balaban J connectivity index is 1.72. The van der Waals surface area contributed by atoms with Crippen molar-refractivity contribution in [1.29, 1.82) is 0 Å². The van der Waals surface area contributed by atoms with Gasteiger partial charge < -0.3 is 5.32 Å². The summed E-state index contributed by atoms with van der Waals surface area (Å²) in [6, 6.07) is 10.1. The number of aryl methyl sites for hydroxylation is 1. The van der Waals surface area contributed by atoms with Crippen LogP contribution in [0.25, 0.3) is 10.2 Å². The number of hydrogen-bond acceptors (Lipinski definition) is 5. The topological polar surface area (TPSA) is 76.1 Å². The second kappa shape index (κ2) is 7.58. The van der Waals surface area contributed by atoms with Crippen molar-refractivity contribution in [2.45, 2.75) is 37.3 Å². The summed E-state index contributed by atoms with van der Waals surface area (Å²) in [5, 5.41) is 3.47. The lowest BCUT2D eigenvalue weighted by atomic mass is 10.1. The number of nitrogens with zero attached hydrogens (tertiary/aromatic N) is 1. The highest BCUT2D eigenvalue weighted by Gasteiger charge is 2.19. The number of amides is 1. The molecular formula is C19H19ClN2O3S2. The zero-order valence-electron chi connectivity index (χ0n) is 15.1. The molecule has 3 rings (SSSR count). The Bertz CT molecular complexity index is 1100. The van der Waals surface area contributed by atoms with E-state index in [4.69, 9.17) is 11.6 Å². The average Bonchev–Trinajstić information content (AvgIpc) is 3.01. The maximum atomic E-state index is 12.3. The molecule has 1 aromatic heterocycles. The summed E-state index contributed by atoms with van der Waals surface area (Å²) in [6.45, 7) is 5.18. The molecule has 0 fully saturated rings. The molecule has 0 unspecified atom stereocenters. The van der Waals surface area contributed by atoms with Crippen molar-refractivity contribution in [3.63, 3.8) is 0 Å². The van der Waals surface area contributed by atoms with Gasteiger partial charge in [0.05, 0.1) is 26.8 Å². The number of aromatic nitrogens is 1. The molecule has 0 atom stereocenters. The molecule has 1 amide bonds. The van der Waals surface area contributed by atoms with Crippen LogP contribution >= 0.6 is 22.9 Å². The Kier molecular flexibility index (Phi) is 5.55. The predicted molar refractivity (Wildman–Crippen MR) is 110 cm³/mol. The number of hydrogen-bond donors (Lipinski definition) is 1. The van der Waals surface area contributed by atoms with E-state index in [1.165, 1.54) is 11.3 Å². The number of sulfone groups is 1. The molecule has 5 nitrogen and oxygen atoms in total. The SMILES string of the molecule is Cc1c(Cl)ccc2sc(NC(=O)Cc3ccc(S(=O)(=O)C(C)C)cc3)nc12. The minimum atomic E-state index is -3.31. The minimum absolute atomic E-state index is 0.137. The molecule has 1 heterocycles. The average molecular weight is 423 g/mol. The van der Waals surface area contributed by atoms with E-state index in [9.17, 15) is 13.2 Å². The van der Waals surface area contributed by atoms with Crippen LogP contribution in [-0.2, 0) is 21.1 Å². The number of fused-ring (bicyclic) bond motifs is 1. The van der Waals surface area contributed by atoms with Crippen LogP contribution in [0.1, 0.15) is 25.0 Å². The summed E-state index contributed by atoms with van der Waals surface area (Å²) in [5.41, 5.74) is 2.40. The fourth-order valence-electron chi connectivity index (χ4n) is 2.57. The Labute approximate surface area is 167 Å². The zero-order chi connectivity index (χ0) is 19.8. The first-order chi connectivity index (χ1) is 12.7. The van der Waals surface area contributed by atoms with E-state index >= 15 is 0 Å². The van der Waals surface area contributed by atoms with Gasteiger partial charge in [-0.15, -0.1) is 0 Å². The first-order valence-corrected chi connectivity index (χ1v) is 11.1. The van der Waals surface area contributed by atoms with Gasteiger partial charge in [0.15, 0.2) is 15.0 Å². The van der Waals surface area contributed by atoms with Crippen molar-refractivity contribution in [2.24, 2.45) is 0 Å². The molecule has 142 valence electrons. The van der Waals surface area contributed by atoms with Gasteiger partial charge in [-0.25, -0.2) is 13.4 Å². The highest BCUT2D eigenvalue weighted by atomic mass is 35.5. The van der Waals surface area contributed by atoms with Crippen LogP contribution in [0.2, 0.25) is 5.02 Å². The van der Waals surface area contributed by atoms with Crippen LogP contribution in [0, 0.1) is 6.92 Å². The van der Waals surface area contributed by atoms with Gasteiger partial charge in [0.1, 0.15) is 0 Å². The van der Waals surface area contributed by atoms with Gasteiger partial charge in [-0.3, -0.25) is 4.79 Å². The third kappa shape index (κ3) is 4.15. The summed E-state index contributed by atoms with van der Waals surface area (Å²) in [4.78, 5) is 17.0. The minimum Gasteiger partial charge on any atom is -0.302 e. The lowest BCUT2D eigenvalue weighted by Crippen LogP contribution is -2.15. The number of halogens is 1. The monoisotopic (exact) mass is 422 g/mol. The van der Waals surface area contributed by atoms with E-state index in [0.717, 1.165) is 21.3 Å². The fourth-order valence-corrected chi connectivity index (χ4v) is 4.73. The van der Waals surface area contributed by atoms with Gasteiger partial charge in [0, 0.05) is 5.02 Å².